The number of rotatable bonds is 4. The molecule has 1 atom stereocenters. The second-order valence-electron chi connectivity index (χ2n) is 6.67. The third-order valence-electron chi connectivity index (χ3n) is 4.89. The standard InChI is InChI=1S/C21H19N3O4/c1-12-19-17(20(27)13-3-7-15(25)8-4-13)11-18(26)22-21(19)24(23-12)14-5-9-16(28-2)10-6-14/h3-10,17,25H,11H2,1-2H3,(H,22,26). The first-order valence-corrected chi connectivity index (χ1v) is 8.85. The zero-order valence-electron chi connectivity index (χ0n) is 15.5. The summed E-state index contributed by atoms with van der Waals surface area (Å²) in [5, 5.41) is 16.9. The molecule has 7 nitrogen and oxygen atoms in total. The number of nitrogens with zero attached hydrogens (tertiary/aromatic N) is 2. The van der Waals surface area contributed by atoms with Gasteiger partial charge in [-0.2, -0.15) is 5.10 Å². The third kappa shape index (κ3) is 3.00. The Morgan fingerprint density at radius 1 is 1.18 bits per heavy atom. The van der Waals surface area contributed by atoms with E-state index in [1.165, 1.54) is 12.1 Å². The van der Waals surface area contributed by atoms with Crippen molar-refractivity contribution in [2.24, 2.45) is 0 Å². The lowest BCUT2D eigenvalue weighted by Gasteiger charge is -2.23. The number of fused-ring (bicyclic) bond motifs is 1. The summed E-state index contributed by atoms with van der Waals surface area (Å²) in [4.78, 5) is 25.4. The predicted molar refractivity (Wildman–Crippen MR) is 103 cm³/mol. The average molecular weight is 377 g/mol. The second-order valence-corrected chi connectivity index (χ2v) is 6.67. The molecular weight excluding hydrogens is 358 g/mol. The smallest absolute Gasteiger partial charge is 0.226 e. The number of carbonyl (C=O) groups is 2. The molecule has 0 aliphatic carbocycles. The molecule has 0 fully saturated rings. The van der Waals surface area contributed by atoms with Gasteiger partial charge in [-0.3, -0.25) is 9.59 Å². The maximum atomic E-state index is 13.1. The molecule has 1 aliphatic heterocycles. The molecule has 2 aromatic carbocycles. The van der Waals surface area contributed by atoms with Gasteiger partial charge in [-0.1, -0.05) is 0 Å². The predicted octanol–water partition coefficient (Wildman–Crippen LogP) is 3.20. The first kappa shape index (κ1) is 17.8. The number of hydrogen-bond acceptors (Lipinski definition) is 5. The Morgan fingerprint density at radius 2 is 1.86 bits per heavy atom. The number of nitrogens with one attached hydrogen (secondary N) is 1. The molecule has 28 heavy (non-hydrogen) atoms. The molecule has 7 heteroatoms. The van der Waals surface area contributed by atoms with Crippen LogP contribution in [0.25, 0.3) is 5.69 Å². The maximum Gasteiger partial charge on any atom is 0.226 e. The van der Waals surface area contributed by atoms with Gasteiger partial charge >= 0.3 is 0 Å². The van der Waals surface area contributed by atoms with Crippen molar-refractivity contribution in [1.29, 1.82) is 0 Å². The molecule has 0 saturated carbocycles. The summed E-state index contributed by atoms with van der Waals surface area (Å²) in [5.41, 5.74) is 2.60. The van der Waals surface area contributed by atoms with E-state index >= 15 is 0 Å². The number of ketones is 1. The number of aromatic hydroxyl groups is 1. The maximum absolute atomic E-state index is 13.1. The summed E-state index contributed by atoms with van der Waals surface area (Å²) < 4.78 is 6.82. The summed E-state index contributed by atoms with van der Waals surface area (Å²) in [6.07, 6.45) is 0.0574. The lowest BCUT2D eigenvalue weighted by Crippen LogP contribution is -2.28. The van der Waals surface area contributed by atoms with Crippen molar-refractivity contribution >= 4 is 17.5 Å². The Labute approximate surface area is 161 Å². The molecule has 0 bridgehead atoms. The fourth-order valence-corrected chi connectivity index (χ4v) is 3.51. The second kappa shape index (κ2) is 6.84. The highest BCUT2D eigenvalue weighted by molar-refractivity contribution is 6.08. The van der Waals surface area contributed by atoms with Crippen LogP contribution in [-0.4, -0.2) is 33.7 Å². The van der Waals surface area contributed by atoms with Crippen molar-refractivity contribution in [2.45, 2.75) is 19.3 Å². The number of phenolic OH excluding ortho intramolecular Hbond substituents is 1. The Bertz CT molecular complexity index is 1050. The van der Waals surface area contributed by atoms with Crippen molar-refractivity contribution in [1.82, 2.24) is 9.78 Å². The number of aryl methyl sites for hydroxylation is 1. The topological polar surface area (TPSA) is 93.5 Å². The fraction of sp³-hybridized carbons (Fsp3) is 0.190. The molecule has 0 radical (unpaired) electrons. The first-order valence-electron chi connectivity index (χ1n) is 8.85. The third-order valence-corrected chi connectivity index (χ3v) is 4.89. The summed E-state index contributed by atoms with van der Waals surface area (Å²) in [7, 11) is 1.59. The number of benzene rings is 2. The molecule has 0 spiro atoms. The summed E-state index contributed by atoms with van der Waals surface area (Å²) >= 11 is 0. The summed E-state index contributed by atoms with van der Waals surface area (Å²) in [6, 6.07) is 13.3. The van der Waals surface area contributed by atoms with E-state index in [1.54, 1.807) is 23.9 Å². The molecule has 1 aliphatic rings. The number of amides is 1. The monoisotopic (exact) mass is 377 g/mol. The van der Waals surface area contributed by atoms with Crippen LogP contribution >= 0.6 is 0 Å². The molecule has 3 aromatic rings. The van der Waals surface area contributed by atoms with Crippen molar-refractivity contribution in [3.63, 3.8) is 0 Å². The SMILES string of the molecule is COc1ccc(-n2nc(C)c3c2NC(=O)CC3C(=O)c2ccc(O)cc2)cc1. The molecule has 4 rings (SSSR count). The molecule has 1 unspecified atom stereocenters. The Kier molecular flexibility index (Phi) is 4.35. The number of anilines is 1. The van der Waals surface area contributed by atoms with Gasteiger partial charge in [0.05, 0.1) is 24.4 Å². The van der Waals surface area contributed by atoms with Crippen molar-refractivity contribution in [3.8, 4) is 17.2 Å². The highest BCUT2D eigenvalue weighted by Crippen LogP contribution is 2.38. The van der Waals surface area contributed by atoms with Crippen LogP contribution in [-0.2, 0) is 4.79 Å². The molecule has 1 aromatic heterocycles. The van der Waals surface area contributed by atoms with E-state index in [0.717, 1.165) is 5.69 Å². The van der Waals surface area contributed by atoms with E-state index in [9.17, 15) is 14.7 Å². The van der Waals surface area contributed by atoms with Crippen LogP contribution in [0.5, 0.6) is 11.5 Å². The van der Waals surface area contributed by atoms with Crippen LogP contribution in [0.2, 0.25) is 0 Å². The number of Topliss-reactive ketones (excluding diaryl/α,β-unsaturated/α-hetero) is 1. The van der Waals surface area contributed by atoms with E-state index in [1.807, 2.05) is 31.2 Å². The van der Waals surface area contributed by atoms with Gasteiger partial charge in [0.2, 0.25) is 5.91 Å². The molecule has 2 heterocycles. The van der Waals surface area contributed by atoms with Crippen molar-refractivity contribution in [3.05, 3.63) is 65.4 Å². The van der Waals surface area contributed by atoms with E-state index in [-0.39, 0.29) is 23.9 Å². The van der Waals surface area contributed by atoms with Crippen molar-refractivity contribution in [2.75, 3.05) is 12.4 Å². The van der Waals surface area contributed by atoms with Gasteiger partial charge in [-0.05, 0) is 55.5 Å². The lowest BCUT2D eigenvalue weighted by molar-refractivity contribution is -0.116. The lowest BCUT2D eigenvalue weighted by atomic mass is 9.85. The van der Waals surface area contributed by atoms with E-state index in [0.29, 0.717) is 28.4 Å². The van der Waals surface area contributed by atoms with Crippen LogP contribution in [0.3, 0.4) is 0 Å². The quantitative estimate of drug-likeness (QED) is 0.681. The van der Waals surface area contributed by atoms with Crippen LogP contribution in [0.15, 0.2) is 48.5 Å². The first-order chi connectivity index (χ1) is 13.5. The van der Waals surface area contributed by atoms with Crippen LogP contribution in [0.4, 0.5) is 5.82 Å². The number of aromatic nitrogens is 2. The van der Waals surface area contributed by atoms with E-state index in [2.05, 4.69) is 10.4 Å². The van der Waals surface area contributed by atoms with Crippen LogP contribution in [0.1, 0.15) is 34.0 Å². The highest BCUT2D eigenvalue weighted by Gasteiger charge is 2.36. The van der Waals surface area contributed by atoms with Gasteiger partial charge in [0.15, 0.2) is 5.78 Å². The van der Waals surface area contributed by atoms with Crippen LogP contribution < -0.4 is 10.1 Å². The molecule has 0 saturated heterocycles. The summed E-state index contributed by atoms with van der Waals surface area (Å²) in [6.45, 7) is 1.83. The van der Waals surface area contributed by atoms with Gasteiger partial charge < -0.3 is 15.2 Å². The van der Waals surface area contributed by atoms with Gasteiger partial charge in [0.1, 0.15) is 17.3 Å². The molecular formula is C21H19N3O4. The molecule has 1 amide bonds. The Hall–Kier alpha value is -3.61. The number of ether oxygens (including phenoxy) is 1. The minimum absolute atomic E-state index is 0.0574. The number of hydrogen-bond donors (Lipinski definition) is 2. The van der Waals surface area contributed by atoms with Gasteiger partial charge in [0, 0.05) is 17.5 Å². The highest BCUT2D eigenvalue weighted by atomic mass is 16.5. The minimum Gasteiger partial charge on any atom is -0.508 e. The minimum atomic E-state index is -0.625. The number of phenols is 1. The average Bonchev–Trinajstić information content (AvgIpc) is 3.03. The molecule has 142 valence electrons. The van der Waals surface area contributed by atoms with Gasteiger partial charge in [-0.25, -0.2) is 4.68 Å². The van der Waals surface area contributed by atoms with E-state index < -0.39 is 5.92 Å². The number of methoxy groups -OCH3 is 1. The zero-order chi connectivity index (χ0) is 19.8. The number of carbonyl (C=O) groups excluding carboxylic acids is 2. The Morgan fingerprint density at radius 3 is 2.50 bits per heavy atom. The fourth-order valence-electron chi connectivity index (χ4n) is 3.51. The largest absolute Gasteiger partial charge is 0.508 e. The molecule has 2 N–H and O–H groups in total. The normalized spacial score (nSPS) is 15.6. The van der Waals surface area contributed by atoms with Gasteiger partial charge in [0.25, 0.3) is 0 Å². The van der Waals surface area contributed by atoms with Crippen molar-refractivity contribution < 1.29 is 19.4 Å². The van der Waals surface area contributed by atoms with Crippen LogP contribution in [0, 0.1) is 6.92 Å². The van der Waals surface area contributed by atoms with Gasteiger partial charge in [-0.15, -0.1) is 0 Å². The summed E-state index contributed by atoms with van der Waals surface area (Å²) in [5.74, 6) is 0.275. The zero-order valence-corrected chi connectivity index (χ0v) is 15.5. The van der Waals surface area contributed by atoms with E-state index in [4.69, 9.17) is 4.74 Å². The Balaban J connectivity index is 1.78.